The van der Waals surface area contributed by atoms with Gasteiger partial charge in [-0.05, 0) is 58.8 Å². The molecule has 0 unspecified atom stereocenters. The predicted molar refractivity (Wildman–Crippen MR) is 101 cm³/mol. The van der Waals surface area contributed by atoms with Gasteiger partial charge in [-0.15, -0.1) is 0 Å². The number of anilines is 1. The van der Waals surface area contributed by atoms with Crippen molar-refractivity contribution in [1.29, 1.82) is 5.26 Å². The highest BCUT2D eigenvalue weighted by molar-refractivity contribution is 9.10. The number of rotatable bonds is 6. The summed E-state index contributed by atoms with van der Waals surface area (Å²) in [4.78, 5) is 22.8. The van der Waals surface area contributed by atoms with E-state index >= 15 is 0 Å². The third kappa shape index (κ3) is 5.46. The molecule has 0 atom stereocenters. The summed E-state index contributed by atoms with van der Waals surface area (Å²) in [6.07, 6.45) is 1.44. The summed E-state index contributed by atoms with van der Waals surface area (Å²) in [6.45, 7) is 1.48. The molecule has 0 saturated heterocycles. The van der Waals surface area contributed by atoms with Crippen LogP contribution in [0.5, 0.6) is 5.75 Å². The van der Waals surface area contributed by atoms with Gasteiger partial charge in [0.25, 0.3) is 5.91 Å². The van der Waals surface area contributed by atoms with Crippen LogP contribution in [0.2, 0.25) is 0 Å². The average molecular weight is 415 g/mol. The average Bonchev–Trinajstić information content (AvgIpc) is 2.60. The third-order valence-corrected chi connectivity index (χ3v) is 3.91. The molecule has 0 aliphatic carbocycles. The number of nitrogens with one attached hydrogen (secondary N) is 1. The van der Waals surface area contributed by atoms with E-state index < -0.39 is 18.5 Å². The molecule has 2 rings (SSSR count). The Kier molecular flexibility index (Phi) is 6.53. The first-order valence-corrected chi connectivity index (χ1v) is 8.32. The van der Waals surface area contributed by atoms with Crippen molar-refractivity contribution in [3.8, 4) is 11.8 Å². The molecule has 0 heterocycles. The number of carboxylic acids is 1. The molecule has 0 radical (unpaired) electrons. The van der Waals surface area contributed by atoms with E-state index in [0.717, 1.165) is 5.56 Å². The van der Waals surface area contributed by atoms with Crippen LogP contribution >= 0.6 is 15.9 Å². The van der Waals surface area contributed by atoms with Gasteiger partial charge in [-0.25, -0.2) is 4.79 Å². The Morgan fingerprint density at radius 3 is 2.54 bits per heavy atom. The first kappa shape index (κ1) is 19.2. The van der Waals surface area contributed by atoms with Gasteiger partial charge in [0, 0.05) is 5.69 Å². The van der Waals surface area contributed by atoms with Crippen molar-refractivity contribution in [2.45, 2.75) is 6.92 Å². The van der Waals surface area contributed by atoms with Crippen molar-refractivity contribution in [2.75, 3.05) is 11.9 Å². The van der Waals surface area contributed by atoms with Crippen molar-refractivity contribution >= 4 is 39.6 Å². The molecule has 0 bridgehead atoms. The SMILES string of the molecule is Cc1ccc(NC(=O)/C(C#N)=C/c2ccc(OCC(=O)O)c(Br)c2)cc1. The number of carbonyl (C=O) groups excluding carboxylic acids is 1. The number of amides is 1. The number of ether oxygens (including phenoxy) is 1. The summed E-state index contributed by atoms with van der Waals surface area (Å²) in [5.41, 5.74) is 2.20. The minimum atomic E-state index is -1.08. The fourth-order valence-electron chi connectivity index (χ4n) is 2.01. The van der Waals surface area contributed by atoms with Gasteiger partial charge < -0.3 is 15.2 Å². The summed E-state index contributed by atoms with van der Waals surface area (Å²) in [5.74, 6) is -1.24. The van der Waals surface area contributed by atoms with E-state index in [2.05, 4.69) is 21.2 Å². The van der Waals surface area contributed by atoms with Gasteiger partial charge in [0.05, 0.1) is 4.47 Å². The van der Waals surface area contributed by atoms with Crippen molar-refractivity contribution in [2.24, 2.45) is 0 Å². The van der Waals surface area contributed by atoms with Crippen LogP contribution in [0, 0.1) is 18.3 Å². The summed E-state index contributed by atoms with van der Waals surface area (Å²) in [5, 5.41) is 20.6. The topological polar surface area (TPSA) is 99.4 Å². The molecule has 0 saturated carbocycles. The Bertz CT molecular complexity index is 899. The zero-order chi connectivity index (χ0) is 19.1. The van der Waals surface area contributed by atoms with E-state index in [9.17, 15) is 14.9 Å². The lowest BCUT2D eigenvalue weighted by atomic mass is 10.1. The second-order valence-electron chi connectivity index (χ2n) is 5.36. The number of carboxylic acid groups (broad SMARTS) is 1. The Balaban J connectivity index is 2.15. The van der Waals surface area contributed by atoms with E-state index in [0.29, 0.717) is 21.5 Å². The molecular weight excluding hydrogens is 400 g/mol. The van der Waals surface area contributed by atoms with Crippen LogP contribution < -0.4 is 10.1 Å². The highest BCUT2D eigenvalue weighted by Gasteiger charge is 2.11. The van der Waals surface area contributed by atoms with Crippen LogP contribution in [0.1, 0.15) is 11.1 Å². The molecule has 6 nitrogen and oxygen atoms in total. The van der Waals surface area contributed by atoms with Crippen LogP contribution in [0.4, 0.5) is 5.69 Å². The number of aliphatic carboxylic acids is 1. The maximum Gasteiger partial charge on any atom is 0.341 e. The second kappa shape index (κ2) is 8.83. The Hall–Kier alpha value is -3.11. The van der Waals surface area contributed by atoms with E-state index in [4.69, 9.17) is 9.84 Å². The van der Waals surface area contributed by atoms with Gasteiger partial charge in [0.1, 0.15) is 17.4 Å². The summed E-state index contributed by atoms with van der Waals surface area (Å²) in [6, 6.07) is 13.9. The minimum absolute atomic E-state index is 0.0586. The zero-order valence-corrected chi connectivity index (χ0v) is 15.4. The predicted octanol–water partition coefficient (Wildman–Crippen LogP) is 3.77. The number of benzene rings is 2. The number of hydrogen-bond acceptors (Lipinski definition) is 4. The molecule has 0 fully saturated rings. The summed E-state index contributed by atoms with van der Waals surface area (Å²) in [7, 11) is 0. The molecule has 0 aromatic heterocycles. The van der Waals surface area contributed by atoms with Crippen LogP contribution in [0.15, 0.2) is 52.5 Å². The Labute approximate surface area is 158 Å². The molecule has 2 aromatic carbocycles. The van der Waals surface area contributed by atoms with Crippen LogP contribution in [-0.4, -0.2) is 23.6 Å². The molecular formula is C19H15BrN2O4. The third-order valence-electron chi connectivity index (χ3n) is 3.29. The highest BCUT2D eigenvalue weighted by Crippen LogP contribution is 2.27. The lowest BCUT2D eigenvalue weighted by Crippen LogP contribution is -2.13. The molecule has 7 heteroatoms. The lowest BCUT2D eigenvalue weighted by molar-refractivity contribution is -0.139. The minimum Gasteiger partial charge on any atom is -0.481 e. The Morgan fingerprint density at radius 1 is 1.27 bits per heavy atom. The number of aryl methyl sites for hydroxylation is 1. The normalized spacial score (nSPS) is 10.7. The number of hydrogen-bond donors (Lipinski definition) is 2. The standard InChI is InChI=1S/C19H15BrN2O4/c1-12-2-5-15(6-3-12)22-19(25)14(10-21)8-13-4-7-17(16(20)9-13)26-11-18(23)24/h2-9H,11H2,1H3,(H,22,25)(H,23,24)/b14-8+. The Morgan fingerprint density at radius 2 is 1.96 bits per heavy atom. The van der Waals surface area contributed by atoms with Gasteiger partial charge in [0.15, 0.2) is 6.61 Å². The molecule has 2 aromatic rings. The quantitative estimate of drug-likeness (QED) is 0.553. The van der Waals surface area contributed by atoms with E-state index in [1.165, 1.54) is 6.08 Å². The van der Waals surface area contributed by atoms with Crippen molar-refractivity contribution < 1.29 is 19.4 Å². The molecule has 0 aliphatic heterocycles. The smallest absolute Gasteiger partial charge is 0.341 e. The van der Waals surface area contributed by atoms with Crippen LogP contribution in [0.3, 0.4) is 0 Å². The number of halogens is 1. The van der Waals surface area contributed by atoms with E-state index in [-0.39, 0.29) is 5.57 Å². The molecule has 0 spiro atoms. The largest absolute Gasteiger partial charge is 0.481 e. The van der Waals surface area contributed by atoms with Crippen molar-refractivity contribution in [3.63, 3.8) is 0 Å². The van der Waals surface area contributed by atoms with Gasteiger partial charge in [-0.1, -0.05) is 23.8 Å². The fraction of sp³-hybridized carbons (Fsp3) is 0.105. The summed E-state index contributed by atoms with van der Waals surface area (Å²) < 4.78 is 5.63. The van der Waals surface area contributed by atoms with Gasteiger partial charge >= 0.3 is 5.97 Å². The van der Waals surface area contributed by atoms with Crippen LogP contribution in [0.25, 0.3) is 6.08 Å². The highest BCUT2D eigenvalue weighted by atomic mass is 79.9. The zero-order valence-electron chi connectivity index (χ0n) is 13.8. The second-order valence-corrected chi connectivity index (χ2v) is 6.22. The molecule has 0 aliphatic rings. The van der Waals surface area contributed by atoms with Gasteiger partial charge in [0.2, 0.25) is 0 Å². The summed E-state index contributed by atoms with van der Waals surface area (Å²) >= 11 is 3.28. The number of carbonyl (C=O) groups is 2. The molecule has 132 valence electrons. The van der Waals surface area contributed by atoms with Gasteiger partial charge in [-0.3, -0.25) is 4.79 Å². The number of nitrogens with zero attached hydrogens (tertiary/aromatic N) is 1. The van der Waals surface area contributed by atoms with Crippen molar-refractivity contribution in [3.05, 3.63) is 63.6 Å². The van der Waals surface area contributed by atoms with Gasteiger partial charge in [-0.2, -0.15) is 5.26 Å². The monoisotopic (exact) mass is 414 g/mol. The first-order valence-electron chi connectivity index (χ1n) is 7.53. The van der Waals surface area contributed by atoms with Crippen LogP contribution in [-0.2, 0) is 9.59 Å². The van der Waals surface area contributed by atoms with E-state index in [1.807, 2.05) is 25.1 Å². The molecule has 26 heavy (non-hydrogen) atoms. The van der Waals surface area contributed by atoms with Crippen molar-refractivity contribution in [1.82, 2.24) is 0 Å². The number of nitriles is 1. The molecule has 1 amide bonds. The maximum atomic E-state index is 12.3. The lowest BCUT2D eigenvalue weighted by Gasteiger charge is -2.07. The molecule has 2 N–H and O–H groups in total. The maximum absolute atomic E-state index is 12.3. The fourth-order valence-corrected chi connectivity index (χ4v) is 2.52. The van der Waals surface area contributed by atoms with E-state index in [1.54, 1.807) is 30.3 Å². The first-order chi connectivity index (χ1) is 12.4.